The predicted molar refractivity (Wildman–Crippen MR) is 329 cm³/mol. The monoisotopic (exact) mass is 1340 g/mol. The van der Waals surface area contributed by atoms with Crippen LogP contribution in [0.25, 0.3) is 22.3 Å². The second kappa shape index (κ2) is 31.8. The lowest BCUT2D eigenvalue weighted by Gasteiger charge is -2.29. The molecule has 0 aromatic carbocycles. The fourth-order valence-corrected chi connectivity index (χ4v) is 15.1. The zero-order valence-electron chi connectivity index (χ0n) is 48.2. The molecule has 4 unspecified atom stereocenters. The molecule has 87 heavy (non-hydrogen) atoms. The topological polar surface area (TPSA) is 445 Å². The number of aryl methyl sites for hydroxylation is 1. The molecule has 13 atom stereocenters. The minimum Gasteiger partial charge on any atom is -0.389 e. The van der Waals surface area contributed by atoms with Gasteiger partial charge in [0.25, 0.3) is 24.4 Å². The highest BCUT2D eigenvalue weighted by molar-refractivity contribution is 8.08. The van der Waals surface area contributed by atoms with Gasteiger partial charge in [0.1, 0.15) is 36.6 Å². The summed E-state index contributed by atoms with van der Waals surface area (Å²) >= 11 is 16.5. The molecule has 3 aliphatic heterocycles. The quantitative estimate of drug-likeness (QED) is 0.0156. The first-order chi connectivity index (χ1) is 41.5. The molecule has 38 heteroatoms. The van der Waals surface area contributed by atoms with Crippen LogP contribution in [-0.4, -0.2) is 155 Å². The lowest BCUT2D eigenvalue weighted by molar-refractivity contribution is -0.121. The van der Waals surface area contributed by atoms with E-state index < -0.39 is 118 Å². The number of rotatable bonds is 36. The van der Waals surface area contributed by atoms with Gasteiger partial charge in [-0.3, -0.25) is 38.1 Å². The normalized spacial score (nSPS) is 24.8. The summed E-state index contributed by atoms with van der Waals surface area (Å²) in [6.45, 7) is -10.5. The van der Waals surface area contributed by atoms with Gasteiger partial charge in [0.2, 0.25) is 11.9 Å². The van der Waals surface area contributed by atoms with E-state index in [0.717, 1.165) is 30.3 Å². The van der Waals surface area contributed by atoms with E-state index in [9.17, 15) is 44.2 Å². The van der Waals surface area contributed by atoms with Gasteiger partial charge < -0.3 is 74.1 Å². The molecule has 5 aromatic rings. The number of fused-ring (bicyclic) bond motifs is 2. The Labute approximate surface area is 515 Å². The van der Waals surface area contributed by atoms with Gasteiger partial charge in [0, 0.05) is 56.1 Å². The Bertz CT molecular complexity index is 3440. The maximum atomic E-state index is 13.1. The number of nitrogens with two attached hydrogens (primary N) is 2. The summed E-state index contributed by atoms with van der Waals surface area (Å²) in [4.78, 5) is 111. The van der Waals surface area contributed by atoms with Crippen LogP contribution >= 0.6 is 20.0 Å². The molecule has 0 spiro atoms. The number of aromatic amines is 2. The third-order valence-corrected chi connectivity index (χ3v) is 20.3. The average Bonchev–Trinajstić information content (AvgIpc) is 1.81. The molecule has 1 amide bonds. The van der Waals surface area contributed by atoms with Crippen molar-refractivity contribution in [2.24, 2.45) is 0 Å². The number of H-pyrrole nitrogens is 2. The minimum atomic E-state index is -4.13. The van der Waals surface area contributed by atoms with Gasteiger partial charge >= 0.3 is 12.4 Å². The number of aromatic nitrogens is 10. The number of ether oxygens (including phenoxy) is 3. The smallest absolute Gasteiger partial charge is 0.330 e. The number of nitrogens with one attached hydrogen (secondary N) is 6. The van der Waals surface area contributed by atoms with Crippen LogP contribution in [-0.2, 0) is 72.5 Å². The third kappa shape index (κ3) is 19.5. The molecule has 3 saturated heterocycles. The molecule has 484 valence electrons. The summed E-state index contributed by atoms with van der Waals surface area (Å²) in [6.07, 6.45) is 14.1. The first-order valence-electron chi connectivity index (χ1n) is 28.9. The standard InChI is InChI=1S/C49H79N16O16P3S3/c1-3-4-5-6-7-8-9-10-11-12-13-14-15-16-37(67)52-20-30(66)22-77-84(74,87)78-25-36-32(18-38(80-36)63-21-29(2)46(68)59-49(63)70)61-83(73,86)76-24-35-33(19-40(81-35)64-27-55-41-43(50)53-26-54-44(41)64)62-82(72,85)75-23-34-31(60-71)17-39(79-34)65-28-56-42-45(65)57-48(51)58-47(42)69/h21,26-28,30-36,38-40,60,66,71H,3-20,22-25H2,1-2H3,(H,52,67)(H,74,87)(H2,50,53,54)(H,59,68,70)(H2,61,73,86)(H2,62,72,85)(H3,51,57,58,69)/t30?,31-,32-,33-,34-,35-,36-,38-,39-,40-,82?,83?,84?/m1/s1. The number of carbonyl (C=O) groups excluding carboxylic acids is 1. The van der Waals surface area contributed by atoms with Crippen molar-refractivity contribution in [3.05, 3.63) is 61.9 Å². The summed E-state index contributed by atoms with van der Waals surface area (Å²) in [6, 6.07) is -2.63. The van der Waals surface area contributed by atoms with Crippen molar-refractivity contribution in [3.8, 4) is 0 Å². The van der Waals surface area contributed by atoms with Crippen molar-refractivity contribution in [1.29, 1.82) is 0 Å². The molecule has 0 aliphatic carbocycles. The van der Waals surface area contributed by atoms with Gasteiger partial charge in [-0.15, -0.1) is 0 Å². The largest absolute Gasteiger partial charge is 0.389 e. The van der Waals surface area contributed by atoms with Crippen LogP contribution in [0.1, 0.15) is 140 Å². The summed E-state index contributed by atoms with van der Waals surface area (Å²) in [5, 5.41) is 29.3. The summed E-state index contributed by atoms with van der Waals surface area (Å²) in [7, 11) is 0. The van der Waals surface area contributed by atoms with E-state index in [0.29, 0.717) is 17.6 Å². The number of aliphatic hydroxyl groups excluding tert-OH is 1. The highest BCUT2D eigenvalue weighted by Gasteiger charge is 2.44. The first-order valence-corrected chi connectivity index (χ1v) is 36.9. The summed E-state index contributed by atoms with van der Waals surface area (Å²) < 4.78 is 46.2. The Hall–Kier alpha value is -4.00. The zero-order chi connectivity index (χ0) is 62.5. The fraction of sp³-hybridized carbons (Fsp3) is 0.694. The Morgan fingerprint density at radius 1 is 0.701 bits per heavy atom. The summed E-state index contributed by atoms with van der Waals surface area (Å²) in [5.74, 6) is -0.257. The zero-order valence-corrected chi connectivity index (χ0v) is 53.3. The van der Waals surface area contributed by atoms with Crippen molar-refractivity contribution >= 4 is 95.4 Å². The van der Waals surface area contributed by atoms with Crippen LogP contribution in [0.3, 0.4) is 0 Å². The number of hydrogen-bond acceptors (Lipinski definition) is 24. The molecule has 0 radical (unpaired) electrons. The van der Waals surface area contributed by atoms with Crippen LogP contribution in [0.15, 0.2) is 39.6 Å². The molecule has 8 heterocycles. The maximum Gasteiger partial charge on any atom is 0.330 e. The van der Waals surface area contributed by atoms with Gasteiger partial charge in [0.15, 0.2) is 22.6 Å². The van der Waals surface area contributed by atoms with Gasteiger partial charge in [-0.2, -0.15) is 10.5 Å². The van der Waals surface area contributed by atoms with Crippen LogP contribution in [0.5, 0.6) is 0 Å². The van der Waals surface area contributed by atoms with E-state index in [-0.39, 0.29) is 66.8 Å². The third-order valence-electron chi connectivity index (χ3n) is 15.1. The van der Waals surface area contributed by atoms with Gasteiger partial charge in [0.05, 0.1) is 63.4 Å². The molecular weight excluding hydrogens is 1260 g/mol. The maximum absolute atomic E-state index is 13.1. The average molecular weight is 1340 g/mol. The van der Waals surface area contributed by atoms with Crippen LogP contribution in [0.2, 0.25) is 0 Å². The number of hydrogen-bond donors (Lipinski definition) is 13. The van der Waals surface area contributed by atoms with Crippen LogP contribution < -0.4 is 49.2 Å². The van der Waals surface area contributed by atoms with Crippen molar-refractivity contribution in [3.63, 3.8) is 0 Å². The number of hydroxylamine groups is 1. The summed E-state index contributed by atoms with van der Waals surface area (Å²) in [5.41, 5.74) is 13.1. The fourth-order valence-electron chi connectivity index (χ4n) is 10.5. The highest BCUT2D eigenvalue weighted by atomic mass is 32.5. The molecular formula is C49H79N16O16P3S3. The predicted octanol–water partition coefficient (Wildman–Crippen LogP) is 2.78. The first kappa shape index (κ1) is 68.9. The number of aliphatic hydroxyl groups is 1. The molecule has 0 bridgehead atoms. The number of amides is 1. The van der Waals surface area contributed by atoms with E-state index in [1.165, 1.54) is 94.5 Å². The molecule has 32 nitrogen and oxygen atoms in total. The number of nitrogen functional groups attached to an aromatic ring is 2. The number of anilines is 2. The Balaban J connectivity index is 0.860. The molecule has 3 aliphatic rings. The van der Waals surface area contributed by atoms with Gasteiger partial charge in [-0.25, -0.2) is 34.9 Å². The van der Waals surface area contributed by atoms with Crippen molar-refractivity contribution in [2.45, 2.75) is 184 Å². The number of unbranched alkanes of at least 4 members (excludes halogenated alkanes) is 12. The van der Waals surface area contributed by atoms with E-state index in [1.807, 2.05) is 0 Å². The SMILES string of the molecule is CCCCCCCCCCCCCCCC(=O)NCC(O)COP(O)(=S)OC[C@H]1O[C@@H](n2cc(C)c(=O)[nH]c2=O)C[C@H]1NP(O)(=S)OC[C@H]1O[C@@H](n2cnc3c(N)ncnc32)C[C@H]1NP(O)(=S)OC[C@H]1O[C@@H](n2cnc3c(=O)[nH]c(N)nc32)C[C@H]1NO. The molecule has 5 aromatic heterocycles. The Kier molecular flexibility index (Phi) is 25.2. The lowest BCUT2D eigenvalue weighted by Crippen LogP contribution is -2.40. The van der Waals surface area contributed by atoms with E-state index in [4.69, 9.17) is 79.2 Å². The highest BCUT2D eigenvalue weighted by Crippen LogP contribution is 2.48. The lowest BCUT2D eigenvalue weighted by atomic mass is 10.0. The van der Waals surface area contributed by atoms with E-state index in [1.54, 1.807) is 4.57 Å². The molecule has 3 fully saturated rings. The van der Waals surface area contributed by atoms with Crippen LogP contribution in [0, 0.1) is 6.92 Å². The molecule has 15 N–H and O–H groups in total. The minimum absolute atomic E-state index is 0.0164. The van der Waals surface area contributed by atoms with Crippen molar-refractivity contribution in [2.75, 3.05) is 44.4 Å². The van der Waals surface area contributed by atoms with Crippen molar-refractivity contribution < 1.29 is 62.1 Å². The molecule has 0 saturated carbocycles. The number of nitrogens with zero attached hydrogens (tertiary/aromatic N) is 8. The second-order valence-corrected chi connectivity index (χ2v) is 30.7. The van der Waals surface area contributed by atoms with Crippen LogP contribution in [0.4, 0.5) is 11.8 Å². The Morgan fingerprint density at radius 2 is 1.22 bits per heavy atom. The van der Waals surface area contributed by atoms with Gasteiger partial charge in [-0.05, 0) is 48.8 Å². The van der Waals surface area contributed by atoms with Gasteiger partial charge in [-0.1, -0.05) is 84.0 Å². The van der Waals surface area contributed by atoms with E-state index in [2.05, 4.69) is 62.8 Å². The number of imidazole rings is 2. The molecule has 8 rings (SSSR count). The second-order valence-electron chi connectivity index (χ2n) is 21.8. The number of carbonyl (C=O) groups is 1. The van der Waals surface area contributed by atoms with Crippen molar-refractivity contribution in [1.82, 2.24) is 69.6 Å². The van der Waals surface area contributed by atoms with E-state index >= 15 is 0 Å². The Morgan fingerprint density at radius 3 is 1.80 bits per heavy atom.